The molecule has 7 aromatic rings. The molecule has 10 rings (SSSR count). The molecule has 3 atom stereocenters. The zero-order chi connectivity index (χ0) is 43.4. The smallest absolute Gasteiger partial charge is 0.381 e. The Balaban J connectivity index is 1.11. The van der Waals surface area contributed by atoms with E-state index in [1.165, 1.54) is 20.9 Å². The molecule has 320 valence electrons. The number of halogens is 1. The number of amides is 1. The summed E-state index contributed by atoms with van der Waals surface area (Å²) < 4.78 is 45.1. The van der Waals surface area contributed by atoms with Crippen molar-refractivity contribution in [1.82, 2.24) is 43.5 Å². The molecule has 7 heterocycles. The SMILES string of the molecule is Cc1cc(-n2nc3c(c2-n2ccn(-c4ccc(P(C)(C)=O)nc4)c2=O)C(C)N(C(=O)c2cc4cc(C5CCOCC5)ccc4n2C2(c4noc(=O)[nH]4)CC2C)CC3)cc(C)c1F. The van der Waals surface area contributed by atoms with Crippen LogP contribution in [0.2, 0.25) is 0 Å². The maximum absolute atomic E-state index is 15.4. The van der Waals surface area contributed by atoms with Crippen molar-refractivity contribution in [2.24, 2.45) is 5.92 Å². The van der Waals surface area contributed by atoms with Crippen LogP contribution in [0.4, 0.5) is 4.39 Å². The molecule has 15 nitrogen and oxygen atoms in total. The monoisotopic (exact) mass is 859 g/mol. The van der Waals surface area contributed by atoms with Crippen molar-refractivity contribution in [3.8, 4) is 17.2 Å². The summed E-state index contributed by atoms with van der Waals surface area (Å²) in [4.78, 5) is 51.3. The number of benzene rings is 2. The second-order valence-corrected chi connectivity index (χ2v) is 20.7. The van der Waals surface area contributed by atoms with E-state index in [1.54, 1.807) is 68.5 Å². The van der Waals surface area contributed by atoms with Crippen LogP contribution in [-0.4, -0.2) is 82.5 Å². The quantitative estimate of drug-likeness (QED) is 0.173. The summed E-state index contributed by atoms with van der Waals surface area (Å²) in [6.45, 7) is 12.4. The van der Waals surface area contributed by atoms with Crippen molar-refractivity contribution in [1.29, 1.82) is 0 Å². The molecule has 3 aliphatic rings. The molecule has 62 heavy (non-hydrogen) atoms. The van der Waals surface area contributed by atoms with Gasteiger partial charge in [-0.05, 0) is 124 Å². The molecular weight excluding hydrogens is 813 g/mol. The van der Waals surface area contributed by atoms with Crippen LogP contribution in [0.15, 0.2) is 81.2 Å². The van der Waals surface area contributed by atoms with Crippen molar-refractivity contribution in [2.45, 2.75) is 70.9 Å². The summed E-state index contributed by atoms with van der Waals surface area (Å²) >= 11 is 0. The molecule has 1 saturated heterocycles. The number of hydrogen-bond donors (Lipinski definition) is 1. The summed E-state index contributed by atoms with van der Waals surface area (Å²) in [6, 6.07) is 14.5. The number of aromatic nitrogens is 8. The number of rotatable bonds is 8. The molecule has 0 radical (unpaired) electrons. The highest BCUT2D eigenvalue weighted by atomic mass is 31.2. The van der Waals surface area contributed by atoms with E-state index in [1.807, 2.05) is 22.5 Å². The van der Waals surface area contributed by atoms with Crippen molar-refractivity contribution in [3.05, 3.63) is 133 Å². The lowest BCUT2D eigenvalue weighted by molar-refractivity contribution is 0.0663. The average molecular weight is 860 g/mol. The zero-order valence-electron chi connectivity index (χ0n) is 35.4. The second kappa shape index (κ2) is 14.5. The minimum Gasteiger partial charge on any atom is -0.381 e. The predicted octanol–water partition coefficient (Wildman–Crippen LogP) is 6.28. The third-order valence-corrected chi connectivity index (χ3v) is 14.6. The van der Waals surface area contributed by atoms with Crippen LogP contribution in [0, 0.1) is 25.6 Å². The van der Waals surface area contributed by atoms with Gasteiger partial charge < -0.3 is 18.8 Å². The Kier molecular flexibility index (Phi) is 9.34. The van der Waals surface area contributed by atoms with Crippen LogP contribution in [0.25, 0.3) is 28.1 Å². The van der Waals surface area contributed by atoms with Crippen molar-refractivity contribution >= 4 is 29.4 Å². The number of H-pyrrole nitrogens is 1. The van der Waals surface area contributed by atoms with Crippen LogP contribution in [0.1, 0.15) is 89.3 Å². The first kappa shape index (κ1) is 40.0. The Morgan fingerprint density at radius 2 is 1.69 bits per heavy atom. The maximum Gasteiger partial charge on any atom is 0.438 e. The molecule has 2 fully saturated rings. The first-order valence-electron chi connectivity index (χ1n) is 21.0. The first-order valence-corrected chi connectivity index (χ1v) is 23.6. The lowest BCUT2D eigenvalue weighted by Crippen LogP contribution is -2.41. The standard InChI is InChI=1S/C45H47FN9O6P/c1-25-19-33(20-26(2)39(25)46)55-40(53-16-15-52(44(53)58)32-8-10-37(47-24-32)62(5,6)59)38-28(4)51(14-11-34(38)49-55)41(56)36-22-31-21-30(29-12-17-60-18-13-29)7-9-35(31)54(36)45(23-27(45)3)42-48-43(57)61-50-42/h7-10,15-16,19-22,24,27-29H,11-14,17-18,23H2,1-6H3,(H,48,50,57). The Bertz CT molecular complexity index is 3080. The number of fused-ring (bicyclic) bond motifs is 2. The fraction of sp³-hybridized carbons (Fsp3) is 0.378. The summed E-state index contributed by atoms with van der Waals surface area (Å²) in [5.41, 5.74) is 4.95. The molecular formula is C45H47FN9O6P. The molecule has 1 amide bonds. The molecule has 1 N–H and O–H groups in total. The number of imidazole rings is 1. The minimum atomic E-state index is -2.63. The fourth-order valence-electron chi connectivity index (χ4n) is 9.79. The van der Waals surface area contributed by atoms with Crippen LogP contribution in [-0.2, 0) is 21.3 Å². The molecule has 2 aliphatic heterocycles. The summed E-state index contributed by atoms with van der Waals surface area (Å²) in [5.74, 6) is -0.0799. The number of pyridine rings is 1. The van der Waals surface area contributed by atoms with Gasteiger partial charge in [0.15, 0.2) is 5.82 Å². The van der Waals surface area contributed by atoms with Crippen molar-refractivity contribution in [2.75, 3.05) is 33.1 Å². The normalized spacial score (nSPS) is 20.5. The molecule has 0 spiro atoms. The van der Waals surface area contributed by atoms with Gasteiger partial charge in [-0.3, -0.25) is 28.4 Å². The van der Waals surface area contributed by atoms with E-state index >= 15 is 9.18 Å². The van der Waals surface area contributed by atoms with Gasteiger partial charge in [-0.1, -0.05) is 18.1 Å². The predicted molar refractivity (Wildman–Crippen MR) is 231 cm³/mol. The summed E-state index contributed by atoms with van der Waals surface area (Å²) in [5, 5.41) is 10.1. The molecule has 1 saturated carbocycles. The third kappa shape index (κ3) is 6.28. The van der Waals surface area contributed by atoms with E-state index in [4.69, 9.17) is 14.4 Å². The molecule has 5 aromatic heterocycles. The zero-order valence-corrected chi connectivity index (χ0v) is 36.3. The lowest BCUT2D eigenvalue weighted by Gasteiger charge is -2.34. The van der Waals surface area contributed by atoms with E-state index in [0.717, 1.165) is 23.7 Å². The van der Waals surface area contributed by atoms with Gasteiger partial charge >= 0.3 is 11.4 Å². The van der Waals surface area contributed by atoms with Crippen molar-refractivity contribution in [3.63, 3.8) is 0 Å². The second-order valence-electron chi connectivity index (χ2n) is 17.5. The minimum absolute atomic E-state index is 0.0224. The summed E-state index contributed by atoms with van der Waals surface area (Å²) in [7, 11) is -2.63. The van der Waals surface area contributed by atoms with Gasteiger partial charge in [0.05, 0.1) is 34.7 Å². The van der Waals surface area contributed by atoms with Crippen LogP contribution in [0.3, 0.4) is 0 Å². The number of aromatic amines is 1. The number of carbonyl (C=O) groups is 1. The molecule has 2 aromatic carbocycles. The number of carbonyl (C=O) groups excluding carboxylic acids is 1. The number of hydrogen-bond acceptors (Lipinski definition) is 9. The lowest BCUT2D eigenvalue weighted by atomic mass is 9.91. The van der Waals surface area contributed by atoms with Crippen LogP contribution < -0.4 is 16.9 Å². The number of nitrogens with zero attached hydrogens (tertiary/aromatic N) is 8. The topological polar surface area (TPSA) is 168 Å². The number of ether oxygens (including phenoxy) is 1. The van der Waals surface area contributed by atoms with Crippen LogP contribution in [0.5, 0.6) is 0 Å². The molecule has 17 heteroatoms. The van der Waals surface area contributed by atoms with Gasteiger partial charge in [0.1, 0.15) is 30.0 Å². The van der Waals surface area contributed by atoms with Gasteiger partial charge in [0.25, 0.3) is 5.91 Å². The van der Waals surface area contributed by atoms with Crippen LogP contribution >= 0.6 is 7.14 Å². The summed E-state index contributed by atoms with van der Waals surface area (Å²) in [6.07, 6.45) is 7.64. The van der Waals surface area contributed by atoms with E-state index in [0.29, 0.717) is 95.0 Å². The van der Waals surface area contributed by atoms with Gasteiger partial charge in [-0.15, -0.1) is 0 Å². The Morgan fingerprint density at radius 1 is 0.968 bits per heavy atom. The Hall–Kier alpha value is -6.12. The Labute approximate surface area is 355 Å². The number of aryl methyl sites for hydroxylation is 2. The average Bonchev–Trinajstić information content (AvgIpc) is 3.75. The van der Waals surface area contributed by atoms with E-state index in [-0.39, 0.29) is 17.6 Å². The molecule has 0 bridgehead atoms. The van der Waals surface area contributed by atoms with Gasteiger partial charge in [-0.2, -0.15) is 5.10 Å². The first-order chi connectivity index (χ1) is 29.6. The van der Waals surface area contributed by atoms with Crippen molar-refractivity contribution < 1.29 is 23.0 Å². The maximum atomic E-state index is 15.4. The highest BCUT2D eigenvalue weighted by Crippen LogP contribution is 2.56. The molecule has 3 unspecified atom stereocenters. The number of nitrogens with one attached hydrogen (secondary N) is 1. The fourth-order valence-corrected chi connectivity index (χ4v) is 10.6. The highest BCUT2D eigenvalue weighted by molar-refractivity contribution is 7.69. The van der Waals surface area contributed by atoms with E-state index in [2.05, 4.69) is 40.2 Å². The molecule has 1 aliphatic carbocycles. The van der Waals surface area contributed by atoms with Gasteiger partial charge in [0, 0.05) is 55.0 Å². The van der Waals surface area contributed by atoms with Gasteiger partial charge in [-0.25, -0.2) is 18.7 Å². The van der Waals surface area contributed by atoms with E-state index in [9.17, 15) is 14.2 Å². The third-order valence-electron chi connectivity index (χ3n) is 13.2. The Morgan fingerprint density at radius 3 is 2.34 bits per heavy atom. The van der Waals surface area contributed by atoms with E-state index < -0.39 is 30.2 Å². The largest absolute Gasteiger partial charge is 0.438 e. The van der Waals surface area contributed by atoms with Gasteiger partial charge in [0.2, 0.25) is 0 Å². The highest BCUT2D eigenvalue weighted by Gasteiger charge is 2.59.